The monoisotopic (exact) mass is 290 g/mol. The summed E-state index contributed by atoms with van der Waals surface area (Å²) in [7, 11) is 1.67. The molecule has 0 unspecified atom stereocenters. The van der Waals surface area contributed by atoms with Gasteiger partial charge in [0.05, 0.1) is 12.2 Å². The lowest BCUT2D eigenvalue weighted by molar-refractivity contribution is 0.0697. The van der Waals surface area contributed by atoms with Crippen LogP contribution in [0.2, 0.25) is 5.02 Å². The predicted octanol–water partition coefficient (Wildman–Crippen LogP) is 3.89. The molecule has 0 saturated carbocycles. The number of ether oxygens (including phenoxy) is 1. The molecule has 2 rings (SSSR count). The number of carboxylic acid groups (broad SMARTS) is 1. The number of hydrogen-bond donors (Lipinski definition) is 1. The van der Waals surface area contributed by atoms with Gasteiger partial charge in [0, 0.05) is 12.1 Å². The van der Waals surface area contributed by atoms with Crippen LogP contribution >= 0.6 is 11.6 Å². The van der Waals surface area contributed by atoms with Gasteiger partial charge < -0.3 is 9.84 Å². The summed E-state index contributed by atoms with van der Waals surface area (Å²) in [6.45, 7) is 0.680. The van der Waals surface area contributed by atoms with Crippen LogP contribution in [0.1, 0.15) is 15.9 Å². The van der Waals surface area contributed by atoms with Crippen LogP contribution in [0.5, 0.6) is 0 Å². The summed E-state index contributed by atoms with van der Waals surface area (Å²) in [5.41, 5.74) is 3.11. The molecule has 0 aliphatic rings. The second-order valence-electron chi connectivity index (χ2n) is 4.47. The highest BCUT2D eigenvalue weighted by molar-refractivity contribution is 6.31. The van der Waals surface area contributed by atoms with Gasteiger partial charge in [-0.1, -0.05) is 35.9 Å². The normalized spacial score (nSPS) is 10.5. The van der Waals surface area contributed by atoms with Crippen molar-refractivity contribution in [3.05, 3.63) is 58.6 Å². The van der Waals surface area contributed by atoms with Crippen molar-refractivity contribution < 1.29 is 14.6 Å². The maximum absolute atomic E-state index is 11.0. The number of halogens is 1. The van der Waals surface area contributed by atoms with Crippen molar-refractivity contribution in [1.82, 2.24) is 0 Å². The Hall–Kier alpha value is -1.84. The van der Waals surface area contributed by atoms with E-state index in [9.17, 15) is 4.79 Å². The largest absolute Gasteiger partial charge is 0.478 e. The number of rotatable bonds is 5. The molecule has 0 heterocycles. The zero-order valence-corrected chi connectivity index (χ0v) is 11.9. The fourth-order valence-electron chi connectivity index (χ4n) is 1.96. The van der Waals surface area contributed by atoms with Crippen molar-refractivity contribution in [2.75, 3.05) is 13.7 Å². The van der Waals surface area contributed by atoms with Gasteiger partial charge in [-0.25, -0.2) is 4.79 Å². The van der Waals surface area contributed by atoms with Gasteiger partial charge in [0.15, 0.2) is 0 Å². The highest BCUT2D eigenvalue weighted by Crippen LogP contribution is 2.25. The van der Waals surface area contributed by atoms with Crippen LogP contribution in [0, 0.1) is 0 Å². The first-order chi connectivity index (χ1) is 9.60. The van der Waals surface area contributed by atoms with E-state index in [0.717, 1.165) is 17.5 Å². The standard InChI is InChI=1S/C16H15ClO3/c1-20-7-6-11-2-4-12(5-3-11)13-8-14(16(18)19)10-15(17)9-13/h2-5,8-10H,6-7H2,1H3,(H,18,19). The Kier molecular flexibility index (Phi) is 4.77. The minimum Gasteiger partial charge on any atom is -0.478 e. The fourth-order valence-corrected chi connectivity index (χ4v) is 2.20. The number of benzene rings is 2. The zero-order valence-electron chi connectivity index (χ0n) is 11.1. The number of carbonyl (C=O) groups is 1. The molecule has 4 heteroatoms. The SMILES string of the molecule is COCCc1ccc(-c2cc(Cl)cc(C(=O)O)c2)cc1. The van der Waals surface area contributed by atoms with Crippen molar-refractivity contribution in [3.63, 3.8) is 0 Å². The third-order valence-corrected chi connectivity index (χ3v) is 3.25. The molecule has 3 nitrogen and oxygen atoms in total. The van der Waals surface area contributed by atoms with Crippen molar-refractivity contribution >= 4 is 17.6 Å². The van der Waals surface area contributed by atoms with E-state index in [-0.39, 0.29) is 5.56 Å². The molecule has 0 radical (unpaired) electrons. The molecule has 0 spiro atoms. The second kappa shape index (κ2) is 6.55. The molecule has 0 fully saturated rings. The van der Waals surface area contributed by atoms with Gasteiger partial charge in [-0.15, -0.1) is 0 Å². The molecular formula is C16H15ClO3. The van der Waals surface area contributed by atoms with Gasteiger partial charge in [-0.2, -0.15) is 0 Å². The minimum atomic E-state index is -0.981. The molecule has 0 atom stereocenters. The van der Waals surface area contributed by atoms with E-state index in [0.29, 0.717) is 11.6 Å². The Balaban J connectivity index is 2.29. The third-order valence-electron chi connectivity index (χ3n) is 3.03. The zero-order chi connectivity index (χ0) is 14.5. The lowest BCUT2D eigenvalue weighted by Gasteiger charge is -2.06. The molecule has 0 saturated heterocycles. The van der Waals surface area contributed by atoms with E-state index in [1.807, 2.05) is 24.3 Å². The van der Waals surface area contributed by atoms with Crippen molar-refractivity contribution in [1.29, 1.82) is 0 Å². The first-order valence-electron chi connectivity index (χ1n) is 6.22. The van der Waals surface area contributed by atoms with E-state index in [1.54, 1.807) is 19.2 Å². The van der Waals surface area contributed by atoms with Crippen LogP contribution in [-0.2, 0) is 11.2 Å². The summed E-state index contributed by atoms with van der Waals surface area (Å²) in [6.07, 6.45) is 0.854. The number of carboxylic acids is 1. The number of methoxy groups -OCH3 is 1. The smallest absolute Gasteiger partial charge is 0.335 e. The van der Waals surface area contributed by atoms with E-state index in [2.05, 4.69) is 0 Å². The average Bonchev–Trinajstić information content (AvgIpc) is 2.45. The van der Waals surface area contributed by atoms with Gasteiger partial charge in [-0.05, 0) is 41.3 Å². The van der Waals surface area contributed by atoms with E-state index < -0.39 is 5.97 Å². The molecule has 0 aliphatic carbocycles. The van der Waals surface area contributed by atoms with Gasteiger partial charge in [0.1, 0.15) is 0 Å². The predicted molar refractivity (Wildman–Crippen MR) is 79.4 cm³/mol. The van der Waals surface area contributed by atoms with Gasteiger partial charge >= 0.3 is 5.97 Å². The Morgan fingerprint density at radius 1 is 1.15 bits per heavy atom. The van der Waals surface area contributed by atoms with E-state index >= 15 is 0 Å². The van der Waals surface area contributed by atoms with Crippen LogP contribution in [0.3, 0.4) is 0 Å². The molecule has 2 aromatic carbocycles. The molecule has 20 heavy (non-hydrogen) atoms. The van der Waals surface area contributed by atoms with Crippen LogP contribution < -0.4 is 0 Å². The summed E-state index contributed by atoms with van der Waals surface area (Å²) in [4.78, 5) is 11.0. The number of aromatic carboxylic acids is 1. The van der Waals surface area contributed by atoms with Crippen molar-refractivity contribution in [2.45, 2.75) is 6.42 Å². The van der Waals surface area contributed by atoms with Crippen LogP contribution in [0.4, 0.5) is 0 Å². The number of hydrogen-bond acceptors (Lipinski definition) is 2. The summed E-state index contributed by atoms with van der Waals surface area (Å²) in [6, 6.07) is 12.8. The maximum Gasteiger partial charge on any atom is 0.335 e. The van der Waals surface area contributed by atoms with Crippen molar-refractivity contribution in [2.24, 2.45) is 0 Å². The highest BCUT2D eigenvalue weighted by atomic mass is 35.5. The molecule has 1 N–H and O–H groups in total. The fraction of sp³-hybridized carbons (Fsp3) is 0.188. The molecule has 2 aromatic rings. The Labute approximate surface area is 122 Å². The summed E-state index contributed by atoms with van der Waals surface area (Å²) < 4.78 is 5.04. The third kappa shape index (κ3) is 3.59. The van der Waals surface area contributed by atoms with Crippen LogP contribution in [0.15, 0.2) is 42.5 Å². The first-order valence-corrected chi connectivity index (χ1v) is 6.60. The minimum absolute atomic E-state index is 0.191. The first kappa shape index (κ1) is 14.6. The Morgan fingerprint density at radius 3 is 2.45 bits per heavy atom. The highest BCUT2D eigenvalue weighted by Gasteiger charge is 2.07. The lowest BCUT2D eigenvalue weighted by atomic mass is 10.0. The van der Waals surface area contributed by atoms with Gasteiger partial charge in [0.2, 0.25) is 0 Å². The Morgan fingerprint density at radius 2 is 1.85 bits per heavy atom. The molecular weight excluding hydrogens is 276 g/mol. The summed E-state index contributed by atoms with van der Waals surface area (Å²) in [5, 5.41) is 9.47. The molecule has 0 amide bonds. The van der Waals surface area contributed by atoms with E-state index in [4.69, 9.17) is 21.4 Å². The lowest BCUT2D eigenvalue weighted by Crippen LogP contribution is -1.97. The molecule has 0 bridgehead atoms. The van der Waals surface area contributed by atoms with Crippen molar-refractivity contribution in [3.8, 4) is 11.1 Å². The topological polar surface area (TPSA) is 46.5 Å². The Bertz CT molecular complexity index is 606. The van der Waals surface area contributed by atoms with Gasteiger partial charge in [-0.3, -0.25) is 0 Å². The quantitative estimate of drug-likeness (QED) is 0.908. The van der Waals surface area contributed by atoms with Crippen LogP contribution in [0.25, 0.3) is 11.1 Å². The molecule has 0 aromatic heterocycles. The second-order valence-corrected chi connectivity index (χ2v) is 4.91. The molecule has 0 aliphatic heterocycles. The van der Waals surface area contributed by atoms with E-state index in [1.165, 1.54) is 11.6 Å². The summed E-state index contributed by atoms with van der Waals surface area (Å²) >= 11 is 5.96. The molecule has 104 valence electrons. The van der Waals surface area contributed by atoms with Gasteiger partial charge in [0.25, 0.3) is 0 Å². The average molecular weight is 291 g/mol. The summed E-state index contributed by atoms with van der Waals surface area (Å²) in [5.74, 6) is -0.981. The van der Waals surface area contributed by atoms with Crippen LogP contribution in [-0.4, -0.2) is 24.8 Å². The maximum atomic E-state index is 11.0.